The number of fused-ring (bicyclic) bond motifs is 1. The molecule has 2 nitrogen and oxygen atoms in total. The Bertz CT molecular complexity index is 535. The van der Waals surface area contributed by atoms with Crippen LogP contribution in [0.4, 0.5) is 0 Å². The number of nitrogens with one attached hydrogen (secondary N) is 1. The van der Waals surface area contributed by atoms with Crippen LogP contribution in [0.3, 0.4) is 0 Å². The highest BCUT2D eigenvalue weighted by Gasteiger charge is 2.10. The summed E-state index contributed by atoms with van der Waals surface area (Å²) in [6, 6.07) is 8.01. The summed E-state index contributed by atoms with van der Waals surface area (Å²) < 4.78 is 1.16. The predicted octanol–water partition coefficient (Wildman–Crippen LogP) is 4.19. The highest BCUT2D eigenvalue weighted by atomic mass is 79.9. The normalized spacial score (nSPS) is 12.6. The standard InChI is InChI=1S/C14H16BrNOS/c1-10(15)5-4-8-16-14(17)12-9-18-13-7-3-2-6-11(12)13/h2-3,6-7,9-10H,4-5,8H2,1H3,(H,16,17). The van der Waals surface area contributed by atoms with E-state index in [-0.39, 0.29) is 5.91 Å². The number of amides is 1. The summed E-state index contributed by atoms with van der Waals surface area (Å²) >= 11 is 5.12. The molecule has 0 spiro atoms. The Balaban J connectivity index is 1.97. The topological polar surface area (TPSA) is 29.1 Å². The van der Waals surface area contributed by atoms with Gasteiger partial charge in [-0.1, -0.05) is 41.1 Å². The summed E-state index contributed by atoms with van der Waals surface area (Å²) in [6.45, 7) is 2.85. The van der Waals surface area contributed by atoms with Crippen molar-refractivity contribution in [2.45, 2.75) is 24.6 Å². The van der Waals surface area contributed by atoms with E-state index < -0.39 is 0 Å². The predicted molar refractivity (Wildman–Crippen MR) is 81.8 cm³/mol. The second-order valence-corrected chi connectivity index (χ2v) is 6.80. The number of hydrogen-bond acceptors (Lipinski definition) is 2. The van der Waals surface area contributed by atoms with E-state index in [9.17, 15) is 4.79 Å². The van der Waals surface area contributed by atoms with Crippen molar-refractivity contribution < 1.29 is 4.79 Å². The zero-order chi connectivity index (χ0) is 13.0. The Morgan fingerprint density at radius 3 is 3.00 bits per heavy atom. The number of carbonyl (C=O) groups is 1. The fourth-order valence-electron chi connectivity index (χ4n) is 1.83. The van der Waals surface area contributed by atoms with E-state index in [1.807, 2.05) is 29.6 Å². The molecule has 0 aliphatic rings. The smallest absolute Gasteiger partial charge is 0.252 e. The van der Waals surface area contributed by atoms with Gasteiger partial charge in [-0.25, -0.2) is 0 Å². The molecule has 18 heavy (non-hydrogen) atoms. The van der Waals surface area contributed by atoms with Crippen molar-refractivity contribution in [2.75, 3.05) is 6.54 Å². The van der Waals surface area contributed by atoms with E-state index in [0.717, 1.165) is 35.0 Å². The van der Waals surface area contributed by atoms with Crippen molar-refractivity contribution in [3.8, 4) is 0 Å². The number of benzene rings is 1. The number of alkyl halides is 1. The molecule has 1 heterocycles. The van der Waals surface area contributed by atoms with Gasteiger partial charge in [0.05, 0.1) is 5.56 Å². The van der Waals surface area contributed by atoms with Gasteiger partial charge in [-0.15, -0.1) is 11.3 Å². The van der Waals surface area contributed by atoms with Gasteiger partial charge in [-0.2, -0.15) is 0 Å². The third-order valence-corrected chi connectivity index (χ3v) is 4.21. The Morgan fingerprint density at radius 2 is 2.22 bits per heavy atom. The lowest BCUT2D eigenvalue weighted by Gasteiger charge is -2.05. The fraction of sp³-hybridized carbons (Fsp3) is 0.357. The number of carbonyl (C=O) groups excluding carboxylic acids is 1. The molecule has 0 saturated heterocycles. The first-order chi connectivity index (χ1) is 8.68. The molecule has 0 fully saturated rings. The second-order valence-electron chi connectivity index (χ2n) is 4.32. The van der Waals surface area contributed by atoms with Gasteiger partial charge in [-0.05, 0) is 18.9 Å². The van der Waals surface area contributed by atoms with Crippen molar-refractivity contribution in [1.82, 2.24) is 5.32 Å². The monoisotopic (exact) mass is 325 g/mol. The highest BCUT2D eigenvalue weighted by Crippen LogP contribution is 2.25. The van der Waals surface area contributed by atoms with Gasteiger partial charge in [0.2, 0.25) is 0 Å². The second kappa shape index (κ2) is 6.34. The number of rotatable bonds is 5. The summed E-state index contributed by atoms with van der Waals surface area (Å²) in [4.78, 5) is 12.6. The largest absolute Gasteiger partial charge is 0.352 e. The molecule has 0 saturated carbocycles. The van der Waals surface area contributed by atoms with Gasteiger partial charge < -0.3 is 5.32 Å². The Labute approximate surface area is 120 Å². The average Bonchev–Trinajstić information content (AvgIpc) is 2.78. The molecule has 1 atom stereocenters. The van der Waals surface area contributed by atoms with Crippen LogP contribution in [-0.4, -0.2) is 17.3 Å². The maximum absolute atomic E-state index is 12.0. The first-order valence-corrected chi connectivity index (χ1v) is 7.86. The van der Waals surface area contributed by atoms with Crippen LogP contribution < -0.4 is 5.32 Å². The van der Waals surface area contributed by atoms with Crippen molar-refractivity contribution in [3.63, 3.8) is 0 Å². The SMILES string of the molecule is CC(Br)CCCNC(=O)c1csc2ccccc12. The lowest BCUT2D eigenvalue weighted by molar-refractivity contribution is 0.0955. The maximum Gasteiger partial charge on any atom is 0.252 e. The number of thiophene rings is 1. The molecule has 0 bridgehead atoms. The zero-order valence-electron chi connectivity index (χ0n) is 10.3. The van der Waals surface area contributed by atoms with Crippen LogP contribution in [0.15, 0.2) is 29.6 Å². The third-order valence-electron chi connectivity index (χ3n) is 2.79. The fourth-order valence-corrected chi connectivity index (χ4v) is 3.10. The van der Waals surface area contributed by atoms with Gasteiger partial charge in [-0.3, -0.25) is 4.79 Å². The van der Waals surface area contributed by atoms with Gasteiger partial charge in [0.15, 0.2) is 0 Å². The highest BCUT2D eigenvalue weighted by molar-refractivity contribution is 9.09. The van der Waals surface area contributed by atoms with Gasteiger partial charge >= 0.3 is 0 Å². The molecular formula is C14H16BrNOS. The summed E-state index contributed by atoms with van der Waals surface area (Å²) in [5, 5.41) is 5.97. The lowest BCUT2D eigenvalue weighted by atomic mass is 10.1. The van der Waals surface area contributed by atoms with E-state index in [0.29, 0.717) is 4.83 Å². The molecule has 4 heteroatoms. The minimum atomic E-state index is 0.0367. The van der Waals surface area contributed by atoms with Crippen LogP contribution in [0, 0.1) is 0 Å². The van der Waals surface area contributed by atoms with Gasteiger partial charge in [0, 0.05) is 26.8 Å². The van der Waals surface area contributed by atoms with Crippen LogP contribution in [0.25, 0.3) is 10.1 Å². The molecule has 1 unspecified atom stereocenters. The first-order valence-electron chi connectivity index (χ1n) is 6.07. The summed E-state index contributed by atoms with van der Waals surface area (Å²) in [5.74, 6) is 0.0367. The number of halogens is 1. The zero-order valence-corrected chi connectivity index (χ0v) is 12.7. The van der Waals surface area contributed by atoms with Crippen LogP contribution in [-0.2, 0) is 0 Å². The van der Waals surface area contributed by atoms with Gasteiger partial charge in [0.1, 0.15) is 0 Å². The molecule has 1 N–H and O–H groups in total. The first kappa shape index (κ1) is 13.6. The van der Waals surface area contributed by atoms with E-state index in [4.69, 9.17) is 0 Å². The Kier molecular flexibility index (Phi) is 4.78. The molecule has 1 aromatic heterocycles. The van der Waals surface area contributed by atoms with Crippen molar-refractivity contribution in [3.05, 3.63) is 35.2 Å². The van der Waals surface area contributed by atoms with Crippen LogP contribution in [0.1, 0.15) is 30.1 Å². The molecular weight excluding hydrogens is 310 g/mol. The van der Waals surface area contributed by atoms with E-state index in [1.165, 1.54) is 0 Å². The molecule has 0 aliphatic heterocycles. The lowest BCUT2D eigenvalue weighted by Crippen LogP contribution is -2.24. The summed E-state index contributed by atoms with van der Waals surface area (Å²) in [5.41, 5.74) is 0.794. The van der Waals surface area contributed by atoms with E-state index >= 15 is 0 Å². The summed E-state index contributed by atoms with van der Waals surface area (Å²) in [7, 11) is 0. The molecule has 2 aromatic rings. The summed E-state index contributed by atoms with van der Waals surface area (Å²) in [6.07, 6.45) is 2.07. The van der Waals surface area contributed by atoms with Crippen molar-refractivity contribution >= 4 is 43.3 Å². The van der Waals surface area contributed by atoms with Crippen LogP contribution >= 0.6 is 27.3 Å². The molecule has 1 amide bonds. The average molecular weight is 326 g/mol. The Morgan fingerprint density at radius 1 is 1.44 bits per heavy atom. The van der Waals surface area contributed by atoms with Gasteiger partial charge in [0.25, 0.3) is 5.91 Å². The molecule has 2 rings (SSSR count). The molecule has 0 radical (unpaired) electrons. The van der Waals surface area contributed by atoms with Crippen molar-refractivity contribution in [2.24, 2.45) is 0 Å². The third kappa shape index (κ3) is 3.33. The number of hydrogen-bond donors (Lipinski definition) is 1. The molecule has 0 aliphatic carbocycles. The minimum absolute atomic E-state index is 0.0367. The van der Waals surface area contributed by atoms with Crippen LogP contribution in [0.5, 0.6) is 0 Å². The molecule has 96 valence electrons. The molecule has 1 aromatic carbocycles. The minimum Gasteiger partial charge on any atom is -0.352 e. The van der Waals surface area contributed by atoms with Crippen molar-refractivity contribution in [1.29, 1.82) is 0 Å². The maximum atomic E-state index is 12.0. The Hall–Kier alpha value is -0.870. The quantitative estimate of drug-likeness (QED) is 0.648. The van der Waals surface area contributed by atoms with Crippen LogP contribution in [0.2, 0.25) is 0 Å². The van der Waals surface area contributed by atoms with E-state index in [1.54, 1.807) is 11.3 Å². The van der Waals surface area contributed by atoms with E-state index in [2.05, 4.69) is 28.2 Å².